The number of thiophene rings is 1. The van der Waals surface area contributed by atoms with Gasteiger partial charge in [0.25, 0.3) is 0 Å². The molecule has 1 amide bonds. The minimum atomic E-state index is -0.214. The molecule has 4 aromatic rings. The van der Waals surface area contributed by atoms with Gasteiger partial charge in [0.05, 0.1) is 27.0 Å². The van der Waals surface area contributed by atoms with E-state index in [-0.39, 0.29) is 18.2 Å². The number of ether oxygens (including phenoxy) is 2. The summed E-state index contributed by atoms with van der Waals surface area (Å²) in [6, 6.07) is 13.1. The van der Waals surface area contributed by atoms with Crippen LogP contribution < -0.4 is 15.4 Å². The predicted octanol–water partition coefficient (Wildman–Crippen LogP) is 5.38. The van der Waals surface area contributed by atoms with Gasteiger partial charge in [-0.1, -0.05) is 29.5 Å². The van der Waals surface area contributed by atoms with Gasteiger partial charge in [0.1, 0.15) is 35.4 Å². The first kappa shape index (κ1) is 26.3. The van der Waals surface area contributed by atoms with Crippen LogP contribution in [-0.2, 0) is 11.3 Å². The van der Waals surface area contributed by atoms with E-state index in [1.807, 2.05) is 36.4 Å². The van der Waals surface area contributed by atoms with Crippen LogP contribution in [0.1, 0.15) is 29.8 Å². The fourth-order valence-electron chi connectivity index (χ4n) is 4.66. The number of anilines is 2. The van der Waals surface area contributed by atoms with Crippen LogP contribution in [0.5, 0.6) is 5.75 Å². The molecule has 40 heavy (non-hydrogen) atoms. The van der Waals surface area contributed by atoms with Crippen LogP contribution in [0.4, 0.5) is 16.3 Å². The van der Waals surface area contributed by atoms with E-state index in [0.29, 0.717) is 36.2 Å². The monoisotopic (exact) mass is 574 g/mol. The molecule has 0 saturated carbocycles. The van der Waals surface area contributed by atoms with Crippen LogP contribution in [0.25, 0.3) is 10.2 Å². The van der Waals surface area contributed by atoms with Crippen molar-refractivity contribution in [3.8, 4) is 17.6 Å². The summed E-state index contributed by atoms with van der Waals surface area (Å²) < 4.78 is 11.5. The summed E-state index contributed by atoms with van der Waals surface area (Å²) in [5, 5.41) is 8.04. The van der Waals surface area contributed by atoms with Crippen molar-refractivity contribution in [1.82, 2.24) is 25.2 Å². The third-order valence-electron chi connectivity index (χ3n) is 6.72. The van der Waals surface area contributed by atoms with E-state index in [4.69, 9.17) is 21.1 Å². The molecule has 2 aliphatic heterocycles. The molecule has 2 fully saturated rings. The number of carbonyl (C=O) groups excluding carboxylic acids is 1. The average Bonchev–Trinajstić information content (AvgIpc) is 3.74. The fraction of sp³-hybridized carbons (Fsp3) is 0.310. The first-order chi connectivity index (χ1) is 19.6. The summed E-state index contributed by atoms with van der Waals surface area (Å²) in [6.45, 7) is 2.51. The minimum Gasteiger partial charge on any atom is -0.486 e. The number of carbonyl (C=O) groups is 1. The van der Waals surface area contributed by atoms with Crippen LogP contribution in [0.15, 0.2) is 55.0 Å². The standard InChI is InChI=1S/C29H27ClN6O3S/c30-25-14-20(7-9-26(25)38-17-21-5-1-2-10-31-21)35-27-24-15-23(40-28(24)34-18-33-27)8-6-19-13-22(16-32-19)39-29(37)36-11-3-4-12-36/h1-2,5,7,9-10,14-15,18-19,22,32H,3-4,11-13,16-17H2,(H,33,34,35). The van der Waals surface area contributed by atoms with E-state index < -0.39 is 0 Å². The molecule has 9 nitrogen and oxygen atoms in total. The Morgan fingerprint density at radius 1 is 1.18 bits per heavy atom. The number of halogens is 1. The van der Waals surface area contributed by atoms with Gasteiger partial charge in [-0.05, 0) is 49.2 Å². The van der Waals surface area contributed by atoms with Crippen molar-refractivity contribution in [1.29, 1.82) is 0 Å². The zero-order chi connectivity index (χ0) is 27.3. The van der Waals surface area contributed by atoms with Crippen molar-refractivity contribution in [3.05, 3.63) is 70.6 Å². The summed E-state index contributed by atoms with van der Waals surface area (Å²) in [5.74, 6) is 7.78. The van der Waals surface area contributed by atoms with Gasteiger partial charge >= 0.3 is 6.09 Å². The maximum atomic E-state index is 12.3. The maximum absolute atomic E-state index is 12.3. The molecule has 0 spiro atoms. The number of amides is 1. The van der Waals surface area contributed by atoms with Gasteiger partial charge in [-0.3, -0.25) is 10.3 Å². The highest BCUT2D eigenvalue weighted by molar-refractivity contribution is 7.19. The SMILES string of the molecule is O=C(OC1CNC(C#Cc2cc3c(Nc4ccc(OCc5ccccn5)c(Cl)c4)ncnc3s2)C1)N1CCCC1. The largest absolute Gasteiger partial charge is 0.486 e. The Labute approximate surface area is 240 Å². The normalized spacial score (nSPS) is 18.4. The van der Waals surface area contributed by atoms with Crippen LogP contribution in [0.2, 0.25) is 5.02 Å². The zero-order valence-corrected chi connectivity index (χ0v) is 23.2. The van der Waals surface area contributed by atoms with E-state index in [2.05, 4.69) is 37.4 Å². The third-order valence-corrected chi connectivity index (χ3v) is 7.97. The molecule has 0 bridgehead atoms. The highest BCUT2D eigenvalue weighted by Crippen LogP contribution is 2.33. The Morgan fingerprint density at radius 2 is 2.08 bits per heavy atom. The molecule has 1 aromatic carbocycles. The van der Waals surface area contributed by atoms with Crippen molar-refractivity contribution < 1.29 is 14.3 Å². The molecule has 6 rings (SSSR count). The molecule has 5 heterocycles. The molecule has 2 atom stereocenters. The number of hydrogen-bond acceptors (Lipinski definition) is 9. The number of fused-ring (bicyclic) bond motifs is 1. The molecule has 11 heteroatoms. The van der Waals surface area contributed by atoms with Gasteiger partial charge in [0.2, 0.25) is 0 Å². The zero-order valence-electron chi connectivity index (χ0n) is 21.6. The summed E-state index contributed by atoms with van der Waals surface area (Å²) in [6.07, 6.45) is 5.65. The van der Waals surface area contributed by atoms with Crippen LogP contribution in [0.3, 0.4) is 0 Å². The third kappa shape index (κ3) is 6.28. The Balaban J connectivity index is 1.09. The van der Waals surface area contributed by atoms with E-state index in [9.17, 15) is 4.79 Å². The lowest BCUT2D eigenvalue weighted by atomic mass is 10.2. The second kappa shape index (κ2) is 12.1. The van der Waals surface area contributed by atoms with Crippen molar-refractivity contribution in [3.63, 3.8) is 0 Å². The maximum Gasteiger partial charge on any atom is 0.410 e. The smallest absolute Gasteiger partial charge is 0.410 e. The second-order valence-electron chi connectivity index (χ2n) is 9.60. The quantitative estimate of drug-likeness (QED) is 0.296. The van der Waals surface area contributed by atoms with Crippen molar-refractivity contribution in [2.75, 3.05) is 25.0 Å². The molecule has 2 N–H and O–H groups in total. The molecular weight excluding hydrogens is 548 g/mol. The Morgan fingerprint density at radius 3 is 2.90 bits per heavy atom. The first-order valence-electron chi connectivity index (χ1n) is 13.1. The number of aromatic nitrogens is 3. The lowest BCUT2D eigenvalue weighted by Gasteiger charge is -2.18. The lowest BCUT2D eigenvalue weighted by molar-refractivity contribution is 0.0763. The highest BCUT2D eigenvalue weighted by Gasteiger charge is 2.28. The van der Waals surface area contributed by atoms with Gasteiger partial charge in [-0.25, -0.2) is 14.8 Å². The van der Waals surface area contributed by atoms with E-state index in [0.717, 1.165) is 52.4 Å². The lowest BCUT2D eigenvalue weighted by Crippen LogP contribution is -2.32. The summed E-state index contributed by atoms with van der Waals surface area (Å²) in [5.41, 5.74) is 1.60. The predicted molar refractivity (Wildman–Crippen MR) is 155 cm³/mol. The number of likely N-dealkylation sites (tertiary alicyclic amines) is 1. The number of pyridine rings is 1. The number of nitrogens with one attached hydrogen (secondary N) is 2. The minimum absolute atomic E-state index is 0.0363. The number of hydrogen-bond donors (Lipinski definition) is 2. The van der Waals surface area contributed by atoms with Crippen molar-refractivity contribution >= 4 is 50.8 Å². The number of benzene rings is 1. The molecule has 2 saturated heterocycles. The number of rotatable bonds is 6. The fourth-order valence-corrected chi connectivity index (χ4v) is 5.76. The van der Waals surface area contributed by atoms with E-state index >= 15 is 0 Å². The van der Waals surface area contributed by atoms with Crippen molar-refractivity contribution in [2.45, 2.75) is 38.0 Å². The summed E-state index contributed by atoms with van der Waals surface area (Å²) in [7, 11) is 0. The van der Waals surface area contributed by atoms with Crippen LogP contribution >= 0.6 is 22.9 Å². The Bertz CT molecular complexity index is 1560. The Hall–Kier alpha value is -3.91. The summed E-state index contributed by atoms with van der Waals surface area (Å²) >= 11 is 8.00. The van der Waals surface area contributed by atoms with Crippen LogP contribution in [0, 0.1) is 11.8 Å². The highest BCUT2D eigenvalue weighted by atomic mass is 35.5. The second-order valence-corrected chi connectivity index (χ2v) is 11.0. The van der Waals surface area contributed by atoms with Crippen molar-refractivity contribution in [2.24, 2.45) is 0 Å². The van der Waals surface area contributed by atoms with Gasteiger partial charge in [-0.2, -0.15) is 0 Å². The van der Waals surface area contributed by atoms with E-state index in [1.54, 1.807) is 17.2 Å². The van der Waals surface area contributed by atoms with Gasteiger partial charge < -0.3 is 19.7 Å². The molecule has 0 radical (unpaired) electrons. The van der Waals surface area contributed by atoms with Crippen LogP contribution in [-0.4, -0.2) is 57.7 Å². The first-order valence-corrected chi connectivity index (χ1v) is 14.3. The topological polar surface area (TPSA) is 102 Å². The average molecular weight is 575 g/mol. The summed E-state index contributed by atoms with van der Waals surface area (Å²) in [4.78, 5) is 28.9. The Kier molecular flexibility index (Phi) is 7.95. The van der Waals surface area contributed by atoms with Gasteiger partial charge in [-0.15, -0.1) is 11.3 Å². The molecule has 204 valence electrons. The molecule has 3 aromatic heterocycles. The molecule has 0 aliphatic carbocycles. The van der Waals surface area contributed by atoms with Gasteiger partial charge in [0, 0.05) is 37.9 Å². The molecular formula is C29H27ClN6O3S. The number of nitrogens with zero attached hydrogens (tertiary/aromatic N) is 4. The van der Waals surface area contributed by atoms with Gasteiger partial charge in [0.15, 0.2) is 0 Å². The molecule has 2 unspecified atom stereocenters. The molecule has 2 aliphatic rings. The van der Waals surface area contributed by atoms with E-state index in [1.165, 1.54) is 17.7 Å².